The van der Waals surface area contributed by atoms with E-state index in [0.717, 1.165) is 25.7 Å². The molecule has 10 heteroatoms. The Morgan fingerprint density at radius 2 is 1.72 bits per heavy atom. The molecule has 0 spiro atoms. The average molecular weight is 496 g/mol. The SMILES string of the molecule is COc1ccc(N(C(=O)CNC(=O)c2ccco2)[C@@H](C(=O)NC2CCCC2)c2ccco2)cc1OC. The third kappa shape index (κ3) is 5.54. The van der Waals surface area contributed by atoms with Crippen LogP contribution in [0.3, 0.4) is 0 Å². The molecule has 3 amide bonds. The average Bonchev–Trinajstić information content (AvgIpc) is 3.69. The highest BCUT2D eigenvalue weighted by Crippen LogP contribution is 2.36. The summed E-state index contributed by atoms with van der Waals surface area (Å²) < 4.78 is 21.5. The van der Waals surface area contributed by atoms with Crippen molar-refractivity contribution in [3.05, 3.63) is 66.5 Å². The smallest absolute Gasteiger partial charge is 0.287 e. The van der Waals surface area contributed by atoms with Crippen molar-refractivity contribution in [3.63, 3.8) is 0 Å². The van der Waals surface area contributed by atoms with Gasteiger partial charge in [0.1, 0.15) is 5.76 Å². The van der Waals surface area contributed by atoms with Crippen LogP contribution >= 0.6 is 0 Å². The van der Waals surface area contributed by atoms with Gasteiger partial charge in [-0.1, -0.05) is 12.8 Å². The molecule has 1 aliphatic carbocycles. The van der Waals surface area contributed by atoms with E-state index in [2.05, 4.69) is 10.6 Å². The van der Waals surface area contributed by atoms with Crippen molar-refractivity contribution in [1.82, 2.24) is 10.6 Å². The van der Waals surface area contributed by atoms with Crippen LogP contribution in [0.4, 0.5) is 5.69 Å². The van der Waals surface area contributed by atoms with Gasteiger partial charge in [-0.2, -0.15) is 0 Å². The third-order valence-corrected chi connectivity index (χ3v) is 6.08. The molecular weight excluding hydrogens is 466 g/mol. The Kier molecular flexibility index (Phi) is 7.94. The van der Waals surface area contributed by atoms with Gasteiger partial charge in [0.05, 0.1) is 33.3 Å². The zero-order chi connectivity index (χ0) is 25.5. The predicted molar refractivity (Wildman–Crippen MR) is 130 cm³/mol. The molecule has 1 fully saturated rings. The molecule has 0 aliphatic heterocycles. The maximum absolute atomic E-state index is 13.6. The zero-order valence-electron chi connectivity index (χ0n) is 20.2. The first kappa shape index (κ1) is 24.9. The lowest BCUT2D eigenvalue weighted by atomic mass is 10.1. The van der Waals surface area contributed by atoms with Crippen molar-refractivity contribution in [1.29, 1.82) is 0 Å². The van der Waals surface area contributed by atoms with Gasteiger partial charge in [0.25, 0.3) is 11.8 Å². The summed E-state index contributed by atoms with van der Waals surface area (Å²) in [7, 11) is 2.99. The van der Waals surface area contributed by atoms with E-state index in [1.54, 1.807) is 36.4 Å². The summed E-state index contributed by atoms with van der Waals surface area (Å²) in [4.78, 5) is 40.9. The van der Waals surface area contributed by atoms with Gasteiger partial charge in [0.15, 0.2) is 23.3 Å². The van der Waals surface area contributed by atoms with Crippen LogP contribution in [-0.2, 0) is 9.59 Å². The number of ether oxygens (including phenoxy) is 2. The van der Waals surface area contributed by atoms with E-state index in [-0.39, 0.29) is 30.0 Å². The summed E-state index contributed by atoms with van der Waals surface area (Å²) in [5.74, 6) is -0.271. The molecule has 0 bridgehead atoms. The third-order valence-electron chi connectivity index (χ3n) is 6.08. The number of carbonyl (C=O) groups is 3. The van der Waals surface area contributed by atoms with E-state index >= 15 is 0 Å². The Hall–Kier alpha value is -4.21. The lowest BCUT2D eigenvalue weighted by Crippen LogP contribution is -2.49. The fourth-order valence-corrected chi connectivity index (χ4v) is 4.32. The Labute approximate surface area is 208 Å². The van der Waals surface area contributed by atoms with Gasteiger partial charge >= 0.3 is 0 Å². The molecular formula is C26H29N3O7. The molecule has 2 aromatic heterocycles. The summed E-state index contributed by atoms with van der Waals surface area (Å²) in [5.41, 5.74) is 0.368. The lowest BCUT2D eigenvalue weighted by Gasteiger charge is -2.31. The number of furan rings is 2. The van der Waals surface area contributed by atoms with Crippen LogP contribution in [0.2, 0.25) is 0 Å². The number of hydrogen-bond donors (Lipinski definition) is 2. The molecule has 10 nitrogen and oxygen atoms in total. The molecule has 2 N–H and O–H groups in total. The Bertz CT molecular complexity index is 1170. The molecule has 1 saturated carbocycles. The van der Waals surface area contributed by atoms with Crippen LogP contribution in [-0.4, -0.2) is 44.5 Å². The lowest BCUT2D eigenvalue weighted by molar-refractivity contribution is -0.127. The maximum Gasteiger partial charge on any atom is 0.287 e. The highest BCUT2D eigenvalue weighted by Gasteiger charge is 2.36. The van der Waals surface area contributed by atoms with Gasteiger partial charge < -0.3 is 28.9 Å². The molecule has 36 heavy (non-hydrogen) atoms. The second-order valence-electron chi connectivity index (χ2n) is 8.37. The maximum atomic E-state index is 13.6. The molecule has 2 heterocycles. The van der Waals surface area contributed by atoms with Crippen LogP contribution in [0.25, 0.3) is 0 Å². The molecule has 4 rings (SSSR count). The normalized spacial score (nSPS) is 14.2. The predicted octanol–water partition coefficient (Wildman–Crippen LogP) is 3.45. The standard InChI is InChI=1S/C26H29N3O7/c1-33-19-12-11-18(15-22(19)34-2)29(23(30)16-27-25(31)21-10-6-14-36-21)24(20-9-5-13-35-20)26(32)28-17-7-3-4-8-17/h5-6,9-15,17,24H,3-4,7-8,16H2,1-2H3,(H,27,31)(H,28,32)/t24-/m1/s1. The molecule has 1 atom stereocenters. The van der Waals surface area contributed by atoms with E-state index in [1.807, 2.05) is 0 Å². The van der Waals surface area contributed by atoms with Gasteiger partial charge in [0, 0.05) is 17.8 Å². The van der Waals surface area contributed by atoms with Gasteiger partial charge in [-0.25, -0.2) is 0 Å². The second kappa shape index (κ2) is 11.5. The first-order valence-corrected chi connectivity index (χ1v) is 11.7. The van der Waals surface area contributed by atoms with Gasteiger partial charge in [-0.05, 0) is 49.2 Å². The summed E-state index contributed by atoms with van der Waals surface area (Å²) >= 11 is 0. The quantitative estimate of drug-likeness (QED) is 0.442. The van der Waals surface area contributed by atoms with E-state index < -0.39 is 17.9 Å². The van der Waals surface area contributed by atoms with Crippen LogP contribution in [0.15, 0.2) is 63.8 Å². The van der Waals surface area contributed by atoms with Crippen LogP contribution < -0.4 is 25.0 Å². The minimum Gasteiger partial charge on any atom is -0.493 e. The Balaban J connectivity index is 1.69. The monoisotopic (exact) mass is 495 g/mol. The molecule has 1 aliphatic rings. The van der Waals surface area contributed by atoms with Crippen molar-refractivity contribution in [2.45, 2.75) is 37.8 Å². The fraction of sp³-hybridized carbons (Fsp3) is 0.346. The molecule has 3 aromatic rings. The van der Waals surface area contributed by atoms with Crippen LogP contribution in [0.1, 0.15) is 48.0 Å². The number of carbonyl (C=O) groups excluding carboxylic acids is 3. The number of anilines is 1. The van der Waals surface area contributed by atoms with E-state index in [0.29, 0.717) is 17.2 Å². The Morgan fingerprint density at radius 1 is 1.00 bits per heavy atom. The first-order valence-electron chi connectivity index (χ1n) is 11.7. The minimum atomic E-state index is -1.12. The number of hydrogen-bond acceptors (Lipinski definition) is 7. The highest BCUT2D eigenvalue weighted by atomic mass is 16.5. The van der Waals surface area contributed by atoms with Crippen molar-refractivity contribution >= 4 is 23.4 Å². The summed E-state index contributed by atoms with van der Waals surface area (Å²) in [6.07, 6.45) is 6.63. The van der Waals surface area contributed by atoms with Crippen molar-refractivity contribution < 1.29 is 32.7 Å². The van der Waals surface area contributed by atoms with E-state index in [1.165, 1.54) is 37.7 Å². The van der Waals surface area contributed by atoms with Crippen molar-refractivity contribution in [3.8, 4) is 11.5 Å². The molecule has 1 aromatic carbocycles. The molecule has 0 radical (unpaired) electrons. The molecule has 0 unspecified atom stereocenters. The molecule has 190 valence electrons. The number of rotatable bonds is 10. The second-order valence-corrected chi connectivity index (χ2v) is 8.37. The van der Waals surface area contributed by atoms with E-state index in [9.17, 15) is 14.4 Å². The topological polar surface area (TPSA) is 123 Å². The van der Waals surface area contributed by atoms with Crippen molar-refractivity contribution in [2.75, 3.05) is 25.7 Å². The van der Waals surface area contributed by atoms with Crippen molar-refractivity contribution in [2.24, 2.45) is 0 Å². The van der Waals surface area contributed by atoms with Crippen LogP contribution in [0.5, 0.6) is 11.5 Å². The first-order chi connectivity index (χ1) is 17.5. The van der Waals surface area contributed by atoms with Gasteiger partial charge in [0.2, 0.25) is 5.91 Å². The Morgan fingerprint density at radius 3 is 2.36 bits per heavy atom. The van der Waals surface area contributed by atoms with E-state index in [4.69, 9.17) is 18.3 Å². The number of nitrogens with one attached hydrogen (secondary N) is 2. The summed E-state index contributed by atoms with van der Waals surface area (Å²) in [6, 6.07) is 10.2. The summed E-state index contributed by atoms with van der Waals surface area (Å²) in [6.45, 7) is -0.387. The molecule has 0 saturated heterocycles. The van der Waals surface area contributed by atoms with Gasteiger partial charge in [-0.3, -0.25) is 19.3 Å². The highest BCUT2D eigenvalue weighted by molar-refractivity contribution is 6.04. The summed E-state index contributed by atoms with van der Waals surface area (Å²) in [5, 5.41) is 5.62. The zero-order valence-corrected chi connectivity index (χ0v) is 20.2. The largest absolute Gasteiger partial charge is 0.493 e. The number of benzene rings is 1. The van der Waals surface area contributed by atoms with Crippen LogP contribution in [0, 0.1) is 0 Å². The minimum absolute atomic E-state index is 0.0240. The van der Waals surface area contributed by atoms with Gasteiger partial charge in [-0.15, -0.1) is 0 Å². The number of amides is 3. The number of methoxy groups -OCH3 is 2. The fourth-order valence-electron chi connectivity index (χ4n) is 4.32. The number of nitrogens with zero attached hydrogens (tertiary/aromatic N) is 1.